The fourth-order valence-electron chi connectivity index (χ4n) is 8.36. The van der Waals surface area contributed by atoms with Crippen LogP contribution in [-0.2, 0) is 6.18 Å². The van der Waals surface area contributed by atoms with Gasteiger partial charge in [0.1, 0.15) is 41.0 Å². The van der Waals surface area contributed by atoms with Gasteiger partial charge in [-0.1, -0.05) is 11.2 Å². The number of carbonyl (C=O) groups excluding carboxylic acids is 1. The lowest BCUT2D eigenvalue weighted by Gasteiger charge is -2.32. The number of amides is 1. The zero-order chi connectivity index (χ0) is 38.1. The summed E-state index contributed by atoms with van der Waals surface area (Å²) in [6, 6.07) is 5.08. The number of nitrogens with two attached hydrogens (primary N) is 1. The van der Waals surface area contributed by atoms with Crippen LogP contribution >= 0.6 is 11.3 Å². The lowest BCUT2D eigenvalue weighted by Crippen LogP contribution is -2.43. The van der Waals surface area contributed by atoms with E-state index in [4.69, 9.17) is 15.0 Å². The van der Waals surface area contributed by atoms with E-state index in [1.54, 1.807) is 11.8 Å². The maximum Gasteiger partial charge on any atom is 0.417 e. The molecule has 3 unspecified atom stereocenters. The molecule has 0 bridgehead atoms. The number of nitrogens with zero attached hydrogens (tertiary/aromatic N) is 7. The topological polar surface area (TPSA) is 138 Å². The van der Waals surface area contributed by atoms with E-state index in [0.717, 1.165) is 24.6 Å². The number of nitrogen functional groups attached to an aromatic ring is 1. The number of aromatic nitrogens is 3. The Balaban J connectivity index is 1.31. The van der Waals surface area contributed by atoms with E-state index in [0.29, 0.717) is 30.7 Å². The first kappa shape index (κ1) is 35.9. The number of thiophene rings is 1. The molecule has 282 valence electrons. The molecule has 0 aliphatic carbocycles. The van der Waals surface area contributed by atoms with Crippen LogP contribution in [0.15, 0.2) is 35.0 Å². The van der Waals surface area contributed by atoms with Gasteiger partial charge in [0.2, 0.25) is 5.76 Å². The molecule has 0 spiro atoms. The molecule has 54 heavy (non-hydrogen) atoms. The number of hydrogen-bond donors (Lipinski definition) is 1. The smallest absolute Gasteiger partial charge is 0.417 e. The molecule has 3 aromatic heterocycles. The monoisotopic (exact) mass is 770 g/mol. The molecule has 5 aromatic rings. The minimum absolute atomic E-state index is 0.0240. The summed E-state index contributed by atoms with van der Waals surface area (Å²) in [5.74, 6) is -2.70. The maximum atomic E-state index is 17.3. The summed E-state index contributed by atoms with van der Waals surface area (Å²) in [5, 5.41) is 12.8. The Bertz CT molecular complexity index is 2330. The minimum atomic E-state index is -5.15. The molecule has 3 aliphatic heterocycles. The fraction of sp³-hybridized carbons (Fsp3) is 0.417. The first-order valence-corrected chi connectivity index (χ1v) is 18.2. The summed E-state index contributed by atoms with van der Waals surface area (Å²) in [4.78, 5) is 27.2. The number of halogens is 6. The number of fused-ring (bicyclic) bond motifs is 3. The van der Waals surface area contributed by atoms with Crippen LogP contribution in [0, 0.1) is 23.0 Å². The third-order valence-corrected chi connectivity index (χ3v) is 11.8. The number of nitriles is 1. The van der Waals surface area contributed by atoms with Gasteiger partial charge in [-0.2, -0.15) is 28.4 Å². The number of alkyl halides is 4. The third-order valence-electron chi connectivity index (χ3n) is 10.8. The predicted molar refractivity (Wildman–Crippen MR) is 187 cm³/mol. The second kappa shape index (κ2) is 13.3. The predicted octanol–water partition coefficient (Wildman–Crippen LogP) is 6.95. The van der Waals surface area contributed by atoms with Crippen molar-refractivity contribution in [2.45, 2.75) is 56.5 Å². The second-order valence-electron chi connectivity index (χ2n) is 13.8. The van der Waals surface area contributed by atoms with Gasteiger partial charge in [-0.25, -0.2) is 13.2 Å². The number of hydrogen-bond acceptors (Lipinski definition) is 11. The number of benzene rings is 2. The molecular formula is C36H32F6N8O3S. The molecule has 8 rings (SSSR count). The van der Waals surface area contributed by atoms with Crippen molar-refractivity contribution in [3.8, 4) is 23.2 Å². The summed E-state index contributed by atoms with van der Waals surface area (Å²) < 4.78 is 103. The molecule has 1 amide bonds. The number of carbonyl (C=O) groups is 1. The van der Waals surface area contributed by atoms with Crippen LogP contribution in [0.5, 0.6) is 6.01 Å². The molecule has 6 heterocycles. The third kappa shape index (κ3) is 5.84. The van der Waals surface area contributed by atoms with Gasteiger partial charge in [-0.05, 0) is 50.4 Å². The Morgan fingerprint density at radius 2 is 2.04 bits per heavy atom. The number of ether oxygens (including phenoxy) is 1. The van der Waals surface area contributed by atoms with Crippen molar-refractivity contribution >= 4 is 49.1 Å². The minimum Gasteiger partial charge on any atom is -0.461 e. The van der Waals surface area contributed by atoms with Crippen molar-refractivity contribution in [1.29, 1.82) is 5.26 Å². The van der Waals surface area contributed by atoms with E-state index >= 15 is 17.6 Å². The Labute approximate surface area is 307 Å². The molecule has 11 nitrogen and oxygen atoms in total. The normalized spacial score (nSPS) is 21.6. The van der Waals surface area contributed by atoms with Gasteiger partial charge < -0.3 is 24.8 Å². The highest BCUT2D eigenvalue weighted by Gasteiger charge is 2.49. The second-order valence-corrected chi connectivity index (χ2v) is 14.9. The Morgan fingerprint density at radius 3 is 2.76 bits per heavy atom. The van der Waals surface area contributed by atoms with Gasteiger partial charge in [0.25, 0.3) is 5.91 Å². The van der Waals surface area contributed by atoms with Gasteiger partial charge in [-0.15, -0.1) is 11.3 Å². The zero-order valence-corrected chi connectivity index (χ0v) is 29.5. The molecule has 18 heteroatoms. The standard InChI is InChI=1S/C36H32F6N8O3S/c1-2-50(19-7-11-48(16-19)33(51)25-6-9-45-53-25)32-21-12-23(36(40,41)42)27(20-4-5-24(38)30-26(20)22(14-43)31(44)54-30)28(39)29(21)46-34(47-32)52-17-35-8-3-10-49(35)15-18(37)13-35/h4-6,9,12,18-19H,2-3,7-8,10-11,13,15-17,44H2,1H3. The average Bonchev–Trinajstić information content (AvgIpc) is 3.97. The molecule has 3 atom stereocenters. The summed E-state index contributed by atoms with van der Waals surface area (Å²) >= 11 is 0.671. The Kier molecular flexibility index (Phi) is 8.83. The van der Waals surface area contributed by atoms with Gasteiger partial charge in [-0.3, -0.25) is 9.69 Å². The molecule has 2 aromatic carbocycles. The lowest BCUT2D eigenvalue weighted by atomic mass is 9.92. The van der Waals surface area contributed by atoms with E-state index in [1.165, 1.54) is 17.2 Å². The van der Waals surface area contributed by atoms with Crippen molar-refractivity contribution in [3.63, 3.8) is 0 Å². The highest BCUT2D eigenvalue weighted by atomic mass is 32.1. The van der Waals surface area contributed by atoms with Crippen molar-refractivity contribution in [1.82, 2.24) is 24.9 Å². The number of anilines is 2. The molecule has 3 saturated heterocycles. The quantitative estimate of drug-likeness (QED) is 0.165. The summed E-state index contributed by atoms with van der Waals surface area (Å²) in [6.07, 6.45) is -2.81. The van der Waals surface area contributed by atoms with Crippen LogP contribution in [0.2, 0.25) is 0 Å². The Hall–Kier alpha value is -5.15. The lowest BCUT2D eigenvalue weighted by molar-refractivity contribution is -0.137. The van der Waals surface area contributed by atoms with Gasteiger partial charge in [0, 0.05) is 61.0 Å². The maximum absolute atomic E-state index is 17.3. The van der Waals surface area contributed by atoms with E-state index in [2.05, 4.69) is 15.1 Å². The summed E-state index contributed by atoms with van der Waals surface area (Å²) in [5.41, 5.74) is 1.78. The van der Waals surface area contributed by atoms with E-state index < -0.39 is 63.7 Å². The largest absolute Gasteiger partial charge is 0.461 e. The van der Waals surface area contributed by atoms with Crippen LogP contribution in [0.4, 0.5) is 37.2 Å². The van der Waals surface area contributed by atoms with Crippen LogP contribution in [-0.4, -0.2) is 87.9 Å². The van der Waals surface area contributed by atoms with Crippen LogP contribution < -0.4 is 15.4 Å². The van der Waals surface area contributed by atoms with Gasteiger partial charge >= 0.3 is 12.2 Å². The fourth-order valence-corrected chi connectivity index (χ4v) is 9.31. The zero-order valence-electron chi connectivity index (χ0n) is 28.7. The van der Waals surface area contributed by atoms with Crippen LogP contribution in [0.1, 0.15) is 54.3 Å². The first-order chi connectivity index (χ1) is 25.8. The van der Waals surface area contributed by atoms with Gasteiger partial charge in [0.05, 0.1) is 27.6 Å². The van der Waals surface area contributed by atoms with Crippen molar-refractivity contribution in [2.24, 2.45) is 0 Å². The first-order valence-electron chi connectivity index (χ1n) is 17.3. The SMILES string of the molecule is CCN(c1nc(OCC23CCCN2CC(F)C3)nc2c(F)c(-c3ccc(F)c4sc(N)c(C#N)c34)c(C(F)(F)F)cc12)C1CCN(C(=O)c2ccno2)C1. The van der Waals surface area contributed by atoms with Crippen molar-refractivity contribution in [3.05, 3.63) is 59.0 Å². The molecule has 3 fully saturated rings. The average molecular weight is 771 g/mol. The molecule has 0 saturated carbocycles. The van der Waals surface area contributed by atoms with Crippen molar-refractivity contribution < 1.29 is 40.4 Å². The van der Waals surface area contributed by atoms with Gasteiger partial charge in [0.15, 0.2) is 5.82 Å². The number of likely N-dealkylation sites (tertiary alicyclic amines) is 1. The number of rotatable bonds is 8. The Morgan fingerprint density at radius 1 is 1.22 bits per heavy atom. The molecule has 0 radical (unpaired) electrons. The van der Waals surface area contributed by atoms with Crippen LogP contribution in [0.25, 0.3) is 32.1 Å². The molecule has 2 N–H and O–H groups in total. The van der Waals surface area contributed by atoms with E-state index in [1.807, 2.05) is 11.0 Å². The van der Waals surface area contributed by atoms with Crippen LogP contribution in [0.3, 0.4) is 0 Å². The molecule has 3 aliphatic rings. The molecular weight excluding hydrogens is 739 g/mol. The van der Waals surface area contributed by atoms with Crippen molar-refractivity contribution in [2.75, 3.05) is 50.0 Å². The number of likely N-dealkylation sites (N-methyl/N-ethyl adjacent to an activating group) is 1. The highest BCUT2D eigenvalue weighted by molar-refractivity contribution is 7.23. The summed E-state index contributed by atoms with van der Waals surface area (Å²) in [7, 11) is 0. The van der Waals surface area contributed by atoms with E-state index in [9.17, 15) is 18.8 Å². The van der Waals surface area contributed by atoms with E-state index in [-0.39, 0.29) is 82.8 Å². The summed E-state index contributed by atoms with van der Waals surface area (Å²) in [6.45, 7) is 3.23. The highest BCUT2D eigenvalue weighted by Crippen LogP contribution is 2.48.